The van der Waals surface area contributed by atoms with Gasteiger partial charge in [0, 0.05) is 16.8 Å². The molecular weight excluding hydrogens is 227 g/mol. The second-order valence-electron chi connectivity index (χ2n) is 3.61. The molecule has 0 aliphatic heterocycles. The van der Waals surface area contributed by atoms with Crippen LogP contribution >= 0.6 is 11.8 Å². The monoisotopic (exact) mass is 242 g/mol. The van der Waals surface area contributed by atoms with Crippen molar-refractivity contribution in [3.63, 3.8) is 0 Å². The van der Waals surface area contributed by atoms with Gasteiger partial charge in [0.2, 0.25) is 0 Å². The van der Waals surface area contributed by atoms with Gasteiger partial charge in [-0.25, -0.2) is 4.39 Å². The fraction of sp³-hybridized carbons (Fsp3) is 0.417. The van der Waals surface area contributed by atoms with Gasteiger partial charge in [-0.05, 0) is 25.5 Å². The molecule has 2 nitrogen and oxygen atoms in total. The maximum absolute atomic E-state index is 13.5. The largest absolute Gasteiger partial charge is 0.396 e. The second kappa shape index (κ2) is 6.01. The van der Waals surface area contributed by atoms with Crippen LogP contribution in [0.4, 0.5) is 4.39 Å². The van der Waals surface area contributed by atoms with E-state index < -0.39 is 5.82 Å². The van der Waals surface area contributed by atoms with Crippen molar-refractivity contribution in [2.24, 2.45) is 0 Å². The van der Waals surface area contributed by atoms with Crippen molar-refractivity contribution in [3.8, 4) is 0 Å². The predicted molar refractivity (Wildman–Crippen MR) is 63.4 cm³/mol. The van der Waals surface area contributed by atoms with Gasteiger partial charge in [0.1, 0.15) is 5.82 Å². The number of carbonyl (C=O) groups is 1. The molecule has 0 aromatic heterocycles. The number of halogens is 1. The van der Waals surface area contributed by atoms with Gasteiger partial charge in [-0.15, -0.1) is 11.8 Å². The van der Waals surface area contributed by atoms with Crippen LogP contribution in [-0.2, 0) is 0 Å². The van der Waals surface area contributed by atoms with Crippen molar-refractivity contribution in [2.75, 3.05) is 6.61 Å². The molecule has 16 heavy (non-hydrogen) atoms. The number of hydrogen-bond donors (Lipinski definition) is 1. The van der Waals surface area contributed by atoms with Gasteiger partial charge >= 0.3 is 0 Å². The number of Topliss-reactive ketones (excluding diaryl/α,β-unsaturated/α-hetero) is 1. The lowest BCUT2D eigenvalue weighted by Gasteiger charge is -2.12. The van der Waals surface area contributed by atoms with Crippen molar-refractivity contribution in [1.82, 2.24) is 0 Å². The highest BCUT2D eigenvalue weighted by atomic mass is 32.2. The first-order valence-corrected chi connectivity index (χ1v) is 6.01. The maximum atomic E-state index is 13.5. The summed E-state index contributed by atoms with van der Waals surface area (Å²) < 4.78 is 13.5. The number of thioether (sulfide) groups is 1. The van der Waals surface area contributed by atoms with Crippen LogP contribution in [0, 0.1) is 5.82 Å². The molecule has 0 saturated heterocycles. The standard InChI is InChI=1S/C12H15FO2S/c1-8(6-7-14)16-11-5-3-4-10(13)12(11)9(2)15/h3-5,8,14H,6-7H2,1-2H3. The van der Waals surface area contributed by atoms with Crippen molar-refractivity contribution in [3.05, 3.63) is 29.6 Å². The van der Waals surface area contributed by atoms with E-state index in [9.17, 15) is 9.18 Å². The first kappa shape index (κ1) is 13.2. The minimum atomic E-state index is -0.478. The molecular formula is C12H15FO2S. The number of rotatable bonds is 5. The molecule has 0 saturated carbocycles. The summed E-state index contributed by atoms with van der Waals surface area (Å²) in [6, 6.07) is 4.62. The zero-order valence-corrected chi connectivity index (χ0v) is 10.2. The highest BCUT2D eigenvalue weighted by Crippen LogP contribution is 2.29. The van der Waals surface area contributed by atoms with Gasteiger partial charge in [0.05, 0.1) is 5.56 Å². The Labute approximate surface area is 98.9 Å². The zero-order valence-electron chi connectivity index (χ0n) is 9.37. The van der Waals surface area contributed by atoms with E-state index in [-0.39, 0.29) is 23.2 Å². The summed E-state index contributed by atoms with van der Waals surface area (Å²) in [6.45, 7) is 3.40. The lowest BCUT2D eigenvalue weighted by Crippen LogP contribution is -2.04. The van der Waals surface area contributed by atoms with Crippen LogP contribution in [0.1, 0.15) is 30.6 Å². The molecule has 0 radical (unpaired) electrons. The third-order valence-corrected chi connectivity index (χ3v) is 3.42. The molecule has 4 heteroatoms. The number of benzene rings is 1. The van der Waals surface area contributed by atoms with Gasteiger partial charge < -0.3 is 5.11 Å². The van der Waals surface area contributed by atoms with Crippen molar-refractivity contribution < 1.29 is 14.3 Å². The summed E-state index contributed by atoms with van der Waals surface area (Å²) in [5.74, 6) is -0.745. The van der Waals surface area contributed by atoms with Crippen LogP contribution in [0.15, 0.2) is 23.1 Å². The van der Waals surface area contributed by atoms with E-state index >= 15 is 0 Å². The smallest absolute Gasteiger partial charge is 0.163 e. The number of aliphatic hydroxyl groups excluding tert-OH is 1. The minimum Gasteiger partial charge on any atom is -0.396 e. The average molecular weight is 242 g/mol. The molecule has 0 spiro atoms. The highest BCUT2D eigenvalue weighted by molar-refractivity contribution is 8.00. The summed E-state index contributed by atoms with van der Waals surface area (Å²) in [5, 5.41) is 8.95. The van der Waals surface area contributed by atoms with Gasteiger partial charge in [-0.1, -0.05) is 13.0 Å². The third-order valence-electron chi connectivity index (χ3n) is 2.19. The van der Waals surface area contributed by atoms with Crippen LogP contribution in [0.3, 0.4) is 0 Å². The maximum Gasteiger partial charge on any atom is 0.163 e. The third kappa shape index (κ3) is 3.32. The predicted octanol–water partition coefficient (Wildman–Crippen LogP) is 2.89. The van der Waals surface area contributed by atoms with Gasteiger partial charge in [0.15, 0.2) is 5.78 Å². The first-order valence-electron chi connectivity index (χ1n) is 5.13. The number of hydrogen-bond acceptors (Lipinski definition) is 3. The van der Waals surface area contributed by atoms with E-state index in [2.05, 4.69) is 0 Å². The molecule has 0 aliphatic rings. The molecule has 1 aromatic carbocycles. The quantitative estimate of drug-likeness (QED) is 0.637. The zero-order chi connectivity index (χ0) is 12.1. The number of ketones is 1. The molecule has 0 amide bonds. The van der Waals surface area contributed by atoms with Crippen LogP contribution in [-0.4, -0.2) is 22.7 Å². The molecule has 0 heterocycles. The molecule has 0 fully saturated rings. The fourth-order valence-corrected chi connectivity index (χ4v) is 2.57. The first-order chi connectivity index (χ1) is 7.56. The molecule has 1 aromatic rings. The Hall–Kier alpha value is -0.870. The Balaban J connectivity index is 2.95. The van der Waals surface area contributed by atoms with Crippen molar-refractivity contribution in [1.29, 1.82) is 0 Å². The van der Waals surface area contributed by atoms with E-state index in [4.69, 9.17) is 5.11 Å². The average Bonchev–Trinajstić information content (AvgIpc) is 2.17. The van der Waals surface area contributed by atoms with Crippen LogP contribution in [0.5, 0.6) is 0 Å². The van der Waals surface area contributed by atoms with E-state index in [0.29, 0.717) is 11.3 Å². The van der Waals surface area contributed by atoms with E-state index in [1.807, 2.05) is 6.92 Å². The number of carbonyl (C=O) groups excluding carboxylic acids is 1. The summed E-state index contributed by atoms with van der Waals surface area (Å²) in [5.41, 5.74) is 0.150. The minimum absolute atomic E-state index is 0.0961. The van der Waals surface area contributed by atoms with Crippen molar-refractivity contribution in [2.45, 2.75) is 30.4 Å². The lowest BCUT2D eigenvalue weighted by molar-refractivity contribution is 0.101. The summed E-state index contributed by atoms with van der Waals surface area (Å²) in [6.07, 6.45) is 0.624. The Morgan fingerprint density at radius 2 is 2.25 bits per heavy atom. The Morgan fingerprint density at radius 1 is 1.56 bits per heavy atom. The number of aliphatic hydroxyl groups is 1. The SMILES string of the molecule is CC(=O)c1c(F)cccc1SC(C)CCO. The van der Waals surface area contributed by atoms with E-state index in [1.54, 1.807) is 12.1 Å². The Bertz CT molecular complexity index is 379. The van der Waals surface area contributed by atoms with Gasteiger partial charge in [0.25, 0.3) is 0 Å². The van der Waals surface area contributed by atoms with E-state index in [0.717, 1.165) is 0 Å². The summed E-state index contributed by atoms with van der Waals surface area (Å²) in [4.78, 5) is 12.0. The molecule has 1 rings (SSSR count). The highest BCUT2D eigenvalue weighted by Gasteiger charge is 2.15. The lowest BCUT2D eigenvalue weighted by atomic mass is 10.1. The van der Waals surface area contributed by atoms with Gasteiger partial charge in [-0.2, -0.15) is 0 Å². The topological polar surface area (TPSA) is 37.3 Å². The summed E-state index contributed by atoms with van der Waals surface area (Å²) in [7, 11) is 0. The molecule has 88 valence electrons. The van der Waals surface area contributed by atoms with Crippen LogP contribution in [0.25, 0.3) is 0 Å². The molecule has 1 N–H and O–H groups in total. The molecule has 1 atom stereocenters. The Morgan fingerprint density at radius 3 is 2.81 bits per heavy atom. The second-order valence-corrected chi connectivity index (χ2v) is 5.09. The van der Waals surface area contributed by atoms with E-state index in [1.165, 1.54) is 24.8 Å². The molecule has 1 unspecified atom stereocenters. The van der Waals surface area contributed by atoms with Crippen molar-refractivity contribution >= 4 is 17.5 Å². The van der Waals surface area contributed by atoms with Gasteiger partial charge in [-0.3, -0.25) is 4.79 Å². The normalized spacial score (nSPS) is 12.5. The van der Waals surface area contributed by atoms with Crippen LogP contribution < -0.4 is 0 Å². The molecule has 0 bridgehead atoms. The Kier molecular flexibility index (Phi) is 4.96. The summed E-state index contributed by atoms with van der Waals surface area (Å²) >= 11 is 1.42. The molecule has 0 aliphatic carbocycles. The van der Waals surface area contributed by atoms with Crippen LogP contribution in [0.2, 0.25) is 0 Å². The fourth-order valence-electron chi connectivity index (χ4n) is 1.40.